The largest absolute Gasteiger partial charge is 0.404 e. The molecule has 0 spiro atoms. The molecule has 2 aromatic rings. The highest BCUT2D eigenvalue weighted by molar-refractivity contribution is 6.29. The number of aromatic nitrogens is 2. The number of pyridine rings is 2. The first kappa shape index (κ1) is 13.3. The van der Waals surface area contributed by atoms with Crippen molar-refractivity contribution < 1.29 is 9.57 Å². The maximum atomic E-state index is 5.91. The van der Waals surface area contributed by atoms with Gasteiger partial charge in [-0.25, -0.2) is 4.98 Å². The van der Waals surface area contributed by atoms with Gasteiger partial charge in [-0.15, -0.1) is 0 Å². The highest BCUT2D eigenvalue weighted by atomic mass is 35.5. The van der Waals surface area contributed by atoms with Gasteiger partial charge in [-0.1, -0.05) is 11.6 Å². The Morgan fingerprint density at radius 2 is 2.32 bits per heavy atom. The molecule has 6 heteroatoms. The Morgan fingerprint density at radius 3 is 2.95 bits per heavy atom. The third kappa shape index (κ3) is 2.66. The number of fused-ring (bicyclic) bond motifs is 1. The third-order valence-electron chi connectivity index (χ3n) is 2.63. The molecule has 0 aromatic carbocycles. The molecule has 0 radical (unpaired) electrons. The summed E-state index contributed by atoms with van der Waals surface area (Å²) in [5.74, 6) is 0. The molecule has 5 nitrogen and oxygen atoms in total. The van der Waals surface area contributed by atoms with E-state index in [1.807, 2.05) is 18.3 Å². The van der Waals surface area contributed by atoms with E-state index in [0.29, 0.717) is 5.15 Å². The van der Waals surface area contributed by atoms with Gasteiger partial charge >= 0.3 is 0 Å². The van der Waals surface area contributed by atoms with E-state index < -0.39 is 0 Å². The first-order valence-corrected chi connectivity index (χ1v) is 5.98. The molecule has 0 aliphatic heterocycles. The molecule has 0 saturated heterocycles. The summed E-state index contributed by atoms with van der Waals surface area (Å²) in [7, 11) is 3.27. The summed E-state index contributed by atoms with van der Waals surface area (Å²) < 4.78 is 1.61. The molecular formula is C13H14ClN4O+. The van der Waals surface area contributed by atoms with Crippen LogP contribution in [0.25, 0.3) is 16.6 Å². The van der Waals surface area contributed by atoms with Crippen molar-refractivity contribution in [2.75, 3.05) is 14.2 Å². The average Bonchev–Trinajstić information content (AvgIpc) is 2.43. The van der Waals surface area contributed by atoms with Crippen molar-refractivity contribution in [1.29, 1.82) is 0 Å². The molecule has 19 heavy (non-hydrogen) atoms. The van der Waals surface area contributed by atoms with Crippen LogP contribution in [0.1, 0.15) is 5.56 Å². The Bertz CT molecular complexity index is 667. The Hall–Kier alpha value is -2.14. The zero-order valence-electron chi connectivity index (χ0n) is 10.7. The van der Waals surface area contributed by atoms with Crippen molar-refractivity contribution in [3.8, 4) is 0 Å². The van der Waals surface area contributed by atoms with Gasteiger partial charge in [0.25, 0.3) is 5.52 Å². The van der Waals surface area contributed by atoms with Crippen LogP contribution in [0.4, 0.5) is 0 Å². The summed E-state index contributed by atoms with van der Waals surface area (Å²) in [5, 5.41) is 0.426. The highest BCUT2D eigenvalue weighted by Gasteiger charge is 2.15. The number of allylic oxidation sites excluding steroid dienone is 1. The van der Waals surface area contributed by atoms with E-state index in [1.165, 1.54) is 6.20 Å². The molecule has 0 fully saturated rings. The van der Waals surface area contributed by atoms with E-state index in [0.717, 1.165) is 22.2 Å². The van der Waals surface area contributed by atoms with E-state index in [4.69, 9.17) is 22.2 Å². The summed E-state index contributed by atoms with van der Waals surface area (Å²) in [6, 6.07) is 5.45. The molecule has 0 atom stereocenters. The minimum absolute atomic E-state index is 0.426. The fourth-order valence-electron chi connectivity index (χ4n) is 1.78. The standard InChI is InChI=1S/C13H14ClN4O/c1-16-7-10(6-15)9-5-11-12(18(8-9)19-2)3-4-13(14)17-11/h3-8H,15H2,1-2H3/q+1. The van der Waals surface area contributed by atoms with Crippen LogP contribution < -0.4 is 15.3 Å². The van der Waals surface area contributed by atoms with Crippen LogP contribution in [0.15, 0.2) is 35.6 Å². The van der Waals surface area contributed by atoms with Crippen molar-refractivity contribution in [1.82, 2.24) is 4.98 Å². The molecule has 0 aliphatic carbocycles. The number of nitrogens with two attached hydrogens (primary N) is 1. The van der Waals surface area contributed by atoms with E-state index in [9.17, 15) is 0 Å². The molecule has 0 amide bonds. The first-order chi connectivity index (χ1) is 9.19. The lowest BCUT2D eigenvalue weighted by Gasteiger charge is -2.03. The van der Waals surface area contributed by atoms with Crippen LogP contribution in [-0.4, -0.2) is 25.4 Å². The number of hydrogen-bond acceptors (Lipinski definition) is 4. The average molecular weight is 278 g/mol. The molecule has 2 rings (SSSR count). The quantitative estimate of drug-likeness (QED) is 0.521. The summed E-state index contributed by atoms with van der Waals surface area (Å²) in [5.41, 5.74) is 8.76. The molecular weight excluding hydrogens is 264 g/mol. The van der Waals surface area contributed by atoms with Gasteiger partial charge in [-0.2, -0.15) is 0 Å². The maximum Gasteiger partial charge on any atom is 0.283 e. The second kappa shape index (κ2) is 5.67. The summed E-state index contributed by atoms with van der Waals surface area (Å²) in [4.78, 5) is 13.5. The smallest absolute Gasteiger partial charge is 0.283 e. The maximum absolute atomic E-state index is 5.91. The monoisotopic (exact) mass is 277 g/mol. The van der Waals surface area contributed by atoms with Gasteiger partial charge < -0.3 is 5.73 Å². The summed E-state index contributed by atoms with van der Waals surface area (Å²) in [6.45, 7) is 0. The van der Waals surface area contributed by atoms with E-state index >= 15 is 0 Å². The minimum atomic E-state index is 0.426. The number of rotatable bonds is 3. The zero-order chi connectivity index (χ0) is 13.8. The van der Waals surface area contributed by atoms with Gasteiger partial charge in [0.15, 0.2) is 0 Å². The fraction of sp³-hybridized carbons (Fsp3) is 0.154. The molecule has 98 valence electrons. The summed E-state index contributed by atoms with van der Waals surface area (Å²) >= 11 is 5.91. The fourth-order valence-corrected chi connectivity index (χ4v) is 1.93. The van der Waals surface area contributed by atoms with Crippen LogP contribution in [0.3, 0.4) is 0 Å². The van der Waals surface area contributed by atoms with Crippen molar-refractivity contribution in [3.05, 3.63) is 41.3 Å². The van der Waals surface area contributed by atoms with Gasteiger partial charge in [0.1, 0.15) is 17.8 Å². The van der Waals surface area contributed by atoms with Crippen LogP contribution in [0.2, 0.25) is 5.15 Å². The van der Waals surface area contributed by atoms with Crippen LogP contribution in [-0.2, 0) is 0 Å². The summed E-state index contributed by atoms with van der Waals surface area (Å²) in [6.07, 6.45) is 4.97. The van der Waals surface area contributed by atoms with Crippen molar-refractivity contribution >= 4 is 34.4 Å². The predicted octanol–water partition coefficient (Wildman–Crippen LogP) is 1.23. The number of nitrogens with zero attached hydrogens (tertiary/aromatic N) is 3. The number of aliphatic imine (C=N–C) groups is 1. The topological polar surface area (TPSA) is 64.4 Å². The SMILES string of the molecule is CN=CC(=CN)c1cc2nc(Cl)ccc2[n+](OC)c1. The Morgan fingerprint density at radius 1 is 1.53 bits per heavy atom. The van der Waals surface area contributed by atoms with Gasteiger partial charge in [0.05, 0.1) is 5.56 Å². The predicted molar refractivity (Wildman–Crippen MR) is 76.0 cm³/mol. The molecule has 0 unspecified atom stereocenters. The number of hydrogen-bond donors (Lipinski definition) is 1. The van der Waals surface area contributed by atoms with Gasteiger partial charge in [0, 0.05) is 35.8 Å². The second-order valence-corrected chi connectivity index (χ2v) is 4.17. The molecule has 0 saturated carbocycles. The van der Waals surface area contributed by atoms with E-state index in [2.05, 4.69) is 9.98 Å². The molecule has 2 N–H and O–H groups in total. The zero-order valence-corrected chi connectivity index (χ0v) is 11.4. The Kier molecular flexibility index (Phi) is 3.97. The van der Waals surface area contributed by atoms with Gasteiger partial charge in [-0.3, -0.25) is 9.83 Å². The van der Waals surface area contributed by atoms with Crippen LogP contribution in [0, 0.1) is 0 Å². The van der Waals surface area contributed by atoms with Gasteiger partial charge in [-0.05, 0) is 12.1 Å². The number of halogens is 1. The molecule has 2 aromatic heterocycles. The van der Waals surface area contributed by atoms with Crippen molar-refractivity contribution in [2.24, 2.45) is 10.7 Å². The van der Waals surface area contributed by atoms with Crippen LogP contribution in [0.5, 0.6) is 0 Å². The lowest BCUT2D eigenvalue weighted by molar-refractivity contribution is -0.865. The lowest BCUT2D eigenvalue weighted by atomic mass is 10.1. The normalized spacial score (nSPS) is 12.3. The minimum Gasteiger partial charge on any atom is -0.404 e. The van der Waals surface area contributed by atoms with Crippen LogP contribution >= 0.6 is 11.6 Å². The second-order valence-electron chi connectivity index (χ2n) is 3.78. The lowest BCUT2D eigenvalue weighted by Crippen LogP contribution is -2.41. The first-order valence-electron chi connectivity index (χ1n) is 5.60. The van der Waals surface area contributed by atoms with Crippen molar-refractivity contribution in [2.45, 2.75) is 0 Å². The van der Waals surface area contributed by atoms with E-state index in [1.54, 1.807) is 31.2 Å². The molecule has 0 aliphatic rings. The highest BCUT2D eigenvalue weighted by Crippen LogP contribution is 2.17. The molecule has 0 bridgehead atoms. The third-order valence-corrected chi connectivity index (χ3v) is 2.84. The Labute approximate surface area is 116 Å². The Balaban J connectivity index is 2.70. The van der Waals surface area contributed by atoms with Crippen molar-refractivity contribution in [3.63, 3.8) is 0 Å². The van der Waals surface area contributed by atoms with Gasteiger partial charge in [0.2, 0.25) is 6.20 Å². The molecule has 2 heterocycles. The van der Waals surface area contributed by atoms with E-state index in [-0.39, 0.29) is 0 Å².